The van der Waals surface area contributed by atoms with Crippen LogP contribution in [0.15, 0.2) is 42.5 Å². The third-order valence-corrected chi connectivity index (χ3v) is 4.08. The third kappa shape index (κ3) is 2.34. The smallest absolute Gasteiger partial charge is 0.159 e. The van der Waals surface area contributed by atoms with Crippen LogP contribution < -0.4 is 0 Å². The van der Waals surface area contributed by atoms with E-state index in [9.17, 15) is 13.9 Å². The molecule has 2 aromatic carbocycles. The number of rotatable bonds is 2. The molecular weight excluding hydrogens is 258 g/mol. The van der Waals surface area contributed by atoms with Crippen molar-refractivity contribution in [1.82, 2.24) is 0 Å². The maximum atomic E-state index is 13.3. The Labute approximate surface area is 116 Å². The predicted molar refractivity (Wildman–Crippen MR) is 73.4 cm³/mol. The Morgan fingerprint density at radius 3 is 2.65 bits per heavy atom. The number of hydrogen-bond donors (Lipinski definition) is 1. The topological polar surface area (TPSA) is 20.2 Å². The van der Waals surface area contributed by atoms with Gasteiger partial charge in [-0.2, -0.15) is 0 Å². The minimum Gasteiger partial charge on any atom is -0.388 e. The normalized spacial score (nSPS) is 19.4. The van der Waals surface area contributed by atoms with Crippen LogP contribution in [0.4, 0.5) is 8.78 Å². The Hall–Kier alpha value is -1.74. The van der Waals surface area contributed by atoms with Crippen LogP contribution in [-0.2, 0) is 6.42 Å². The highest BCUT2D eigenvalue weighted by Gasteiger charge is 2.27. The van der Waals surface area contributed by atoms with Crippen LogP contribution in [0.1, 0.15) is 41.6 Å². The molecule has 0 spiro atoms. The number of halogens is 2. The van der Waals surface area contributed by atoms with E-state index in [2.05, 4.69) is 6.07 Å². The van der Waals surface area contributed by atoms with Crippen molar-refractivity contribution in [2.75, 3.05) is 0 Å². The van der Waals surface area contributed by atoms with Crippen LogP contribution in [0.2, 0.25) is 0 Å². The molecule has 2 atom stereocenters. The van der Waals surface area contributed by atoms with Crippen molar-refractivity contribution < 1.29 is 13.9 Å². The van der Waals surface area contributed by atoms with Gasteiger partial charge in [0.15, 0.2) is 11.6 Å². The van der Waals surface area contributed by atoms with E-state index in [1.807, 2.05) is 18.2 Å². The van der Waals surface area contributed by atoms with E-state index < -0.39 is 17.7 Å². The fourth-order valence-electron chi connectivity index (χ4n) is 3.05. The van der Waals surface area contributed by atoms with Crippen molar-refractivity contribution in [1.29, 1.82) is 0 Å². The predicted octanol–water partition coefficient (Wildman–Crippen LogP) is 4.12. The molecule has 20 heavy (non-hydrogen) atoms. The summed E-state index contributed by atoms with van der Waals surface area (Å²) in [5.41, 5.74) is 2.80. The van der Waals surface area contributed by atoms with Crippen LogP contribution >= 0.6 is 0 Å². The first-order chi connectivity index (χ1) is 9.66. The molecule has 1 aliphatic rings. The van der Waals surface area contributed by atoms with E-state index in [1.165, 1.54) is 11.6 Å². The molecule has 1 N–H and O–H groups in total. The zero-order chi connectivity index (χ0) is 14.1. The summed E-state index contributed by atoms with van der Waals surface area (Å²) >= 11 is 0. The van der Waals surface area contributed by atoms with Crippen LogP contribution in [0, 0.1) is 11.6 Å². The van der Waals surface area contributed by atoms with Crippen molar-refractivity contribution >= 4 is 0 Å². The van der Waals surface area contributed by atoms with Crippen molar-refractivity contribution in [3.8, 4) is 0 Å². The van der Waals surface area contributed by atoms with Gasteiger partial charge in [0.2, 0.25) is 0 Å². The highest BCUT2D eigenvalue weighted by molar-refractivity contribution is 5.35. The Morgan fingerprint density at radius 1 is 1.05 bits per heavy atom. The second kappa shape index (κ2) is 5.33. The van der Waals surface area contributed by atoms with E-state index in [1.54, 1.807) is 0 Å². The first-order valence-corrected chi connectivity index (χ1v) is 6.87. The first kappa shape index (κ1) is 13.3. The summed E-state index contributed by atoms with van der Waals surface area (Å²) in [4.78, 5) is 0. The largest absolute Gasteiger partial charge is 0.388 e. The van der Waals surface area contributed by atoms with E-state index in [0.717, 1.165) is 37.0 Å². The van der Waals surface area contributed by atoms with Crippen LogP contribution in [0.25, 0.3) is 0 Å². The number of aryl methyl sites for hydroxylation is 1. The fraction of sp³-hybridized carbons (Fsp3) is 0.294. The van der Waals surface area contributed by atoms with Gasteiger partial charge < -0.3 is 5.11 Å². The summed E-state index contributed by atoms with van der Waals surface area (Å²) in [7, 11) is 0. The molecule has 1 aliphatic carbocycles. The summed E-state index contributed by atoms with van der Waals surface area (Å²) in [6, 6.07) is 11.7. The van der Waals surface area contributed by atoms with E-state index >= 15 is 0 Å². The SMILES string of the molecule is OC(c1ccc(F)c(F)c1)C1CCCc2ccccc21. The molecule has 0 fully saturated rings. The molecule has 0 amide bonds. The quantitative estimate of drug-likeness (QED) is 0.873. The zero-order valence-corrected chi connectivity index (χ0v) is 11.0. The Morgan fingerprint density at radius 2 is 1.85 bits per heavy atom. The lowest BCUT2D eigenvalue weighted by atomic mass is 9.78. The summed E-state index contributed by atoms with van der Waals surface area (Å²) < 4.78 is 26.3. The number of benzene rings is 2. The van der Waals surface area contributed by atoms with Gasteiger partial charge in [-0.3, -0.25) is 0 Å². The summed E-state index contributed by atoms with van der Waals surface area (Å²) in [6.07, 6.45) is 2.07. The fourth-order valence-corrected chi connectivity index (χ4v) is 3.05. The second-order valence-corrected chi connectivity index (χ2v) is 5.32. The molecule has 0 saturated carbocycles. The molecular formula is C17H16F2O. The number of fused-ring (bicyclic) bond motifs is 1. The minimum absolute atomic E-state index is 0.0511. The average molecular weight is 274 g/mol. The van der Waals surface area contributed by atoms with Gasteiger partial charge in [-0.05, 0) is 48.1 Å². The maximum Gasteiger partial charge on any atom is 0.159 e. The summed E-state index contributed by atoms with van der Waals surface area (Å²) in [6.45, 7) is 0. The number of aliphatic hydroxyl groups is 1. The highest BCUT2D eigenvalue weighted by Crippen LogP contribution is 2.40. The lowest BCUT2D eigenvalue weighted by molar-refractivity contribution is 0.135. The van der Waals surface area contributed by atoms with Gasteiger partial charge in [-0.15, -0.1) is 0 Å². The number of hydrogen-bond acceptors (Lipinski definition) is 1. The number of aliphatic hydroxyl groups excluding tert-OH is 1. The molecule has 3 rings (SSSR count). The lowest BCUT2D eigenvalue weighted by Crippen LogP contribution is -2.17. The first-order valence-electron chi connectivity index (χ1n) is 6.87. The second-order valence-electron chi connectivity index (χ2n) is 5.32. The van der Waals surface area contributed by atoms with E-state index in [-0.39, 0.29) is 5.92 Å². The molecule has 0 aromatic heterocycles. The van der Waals surface area contributed by atoms with E-state index in [4.69, 9.17) is 0 Å². The molecule has 0 radical (unpaired) electrons. The Balaban J connectivity index is 1.95. The van der Waals surface area contributed by atoms with E-state index in [0.29, 0.717) is 5.56 Å². The van der Waals surface area contributed by atoms with Crippen LogP contribution in [-0.4, -0.2) is 5.11 Å². The molecule has 3 heteroatoms. The van der Waals surface area contributed by atoms with Gasteiger partial charge in [0.1, 0.15) is 0 Å². The molecule has 1 nitrogen and oxygen atoms in total. The lowest BCUT2D eigenvalue weighted by Gasteiger charge is -2.29. The Bertz CT molecular complexity index is 624. The van der Waals surface area contributed by atoms with Gasteiger partial charge in [-0.25, -0.2) is 8.78 Å². The van der Waals surface area contributed by atoms with Gasteiger partial charge in [0, 0.05) is 5.92 Å². The maximum absolute atomic E-state index is 13.3. The zero-order valence-electron chi connectivity index (χ0n) is 11.0. The van der Waals surface area contributed by atoms with Gasteiger partial charge in [-0.1, -0.05) is 30.3 Å². The molecule has 0 bridgehead atoms. The van der Waals surface area contributed by atoms with Gasteiger partial charge in [0.25, 0.3) is 0 Å². The molecule has 0 aliphatic heterocycles. The Kier molecular flexibility index (Phi) is 3.53. The highest BCUT2D eigenvalue weighted by atomic mass is 19.2. The third-order valence-electron chi connectivity index (χ3n) is 4.08. The van der Waals surface area contributed by atoms with Crippen molar-refractivity contribution in [3.63, 3.8) is 0 Å². The van der Waals surface area contributed by atoms with Crippen molar-refractivity contribution in [2.45, 2.75) is 31.3 Å². The monoisotopic (exact) mass is 274 g/mol. The molecule has 0 saturated heterocycles. The summed E-state index contributed by atoms with van der Waals surface area (Å²) in [5.74, 6) is -1.85. The molecule has 2 unspecified atom stereocenters. The van der Waals surface area contributed by atoms with Crippen LogP contribution in [0.5, 0.6) is 0 Å². The van der Waals surface area contributed by atoms with Crippen molar-refractivity contribution in [3.05, 3.63) is 70.8 Å². The van der Waals surface area contributed by atoms with Gasteiger partial charge >= 0.3 is 0 Å². The molecule has 0 heterocycles. The summed E-state index contributed by atoms with van der Waals surface area (Å²) in [5, 5.41) is 10.5. The minimum atomic E-state index is -0.911. The van der Waals surface area contributed by atoms with Gasteiger partial charge in [0.05, 0.1) is 6.10 Å². The standard InChI is InChI=1S/C17H16F2O/c18-15-9-8-12(10-16(15)19)17(20)14-7-3-5-11-4-1-2-6-13(11)14/h1-2,4,6,8-10,14,17,20H,3,5,7H2. The molecule has 2 aromatic rings. The average Bonchev–Trinajstić information content (AvgIpc) is 2.49. The molecule has 104 valence electrons. The van der Waals surface area contributed by atoms with Crippen LogP contribution in [0.3, 0.4) is 0 Å². The van der Waals surface area contributed by atoms with Crippen molar-refractivity contribution in [2.24, 2.45) is 0 Å².